The van der Waals surface area contributed by atoms with Gasteiger partial charge >= 0.3 is 6.03 Å². The van der Waals surface area contributed by atoms with Gasteiger partial charge in [0.15, 0.2) is 11.5 Å². The van der Waals surface area contributed by atoms with E-state index < -0.39 is 6.03 Å². The number of halogens is 1. The van der Waals surface area contributed by atoms with Crippen LogP contribution in [-0.2, 0) is 6.42 Å². The predicted octanol–water partition coefficient (Wildman–Crippen LogP) is 0.312. The number of amidine groups is 1. The summed E-state index contributed by atoms with van der Waals surface area (Å²) in [6, 6.07) is 3.57. The Morgan fingerprint density at radius 1 is 1.44 bits per heavy atom. The van der Waals surface area contributed by atoms with Gasteiger partial charge in [0.2, 0.25) is 5.82 Å². The van der Waals surface area contributed by atoms with Crippen molar-refractivity contribution in [1.29, 1.82) is 0 Å². The molecule has 1 atom stereocenters. The van der Waals surface area contributed by atoms with E-state index in [1.165, 1.54) is 12.1 Å². The number of carbonyl (C=O) groups excluding carboxylic acids is 1. The van der Waals surface area contributed by atoms with Gasteiger partial charge in [0.1, 0.15) is 5.82 Å². The summed E-state index contributed by atoms with van der Waals surface area (Å²) in [5, 5.41) is 22.0. The van der Waals surface area contributed by atoms with Gasteiger partial charge in [0.05, 0.1) is 6.04 Å². The molecule has 0 spiro atoms. The molecule has 1 aromatic heterocycles. The number of rotatable bonds is 6. The third kappa shape index (κ3) is 3.66. The monoisotopic (exact) mass is 349 g/mol. The number of aromatic nitrogens is 2. The minimum Gasteiger partial charge on any atom is -0.363 e. The third-order valence-electron chi connectivity index (χ3n) is 3.70. The highest BCUT2D eigenvalue weighted by atomic mass is 19.1. The normalized spacial score (nSPS) is 15.9. The van der Waals surface area contributed by atoms with Crippen molar-refractivity contribution in [2.45, 2.75) is 12.5 Å². The number of benzene rings is 1. The van der Waals surface area contributed by atoms with Crippen molar-refractivity contribution in [3.63, 3.8) is 0 Å². The molecule has 0 aliphatic heterocycles. The highest BCUT2D eigenvalue weighted by Crippen LogP contribution is 2.36. The van der Waals surface area contributed by atoms with E-state index in [-0.39, 0.29) is 35.8 Å². The molecule has 1 aliphatic carbocycles. The SMILES string of the molecule is NC(=O)NCCNc1nonc1C(=NC1Cc2ccc(F)cc21)NO. The summed E-state index contributed by atoms with van der Waals surface area (Å²) in [6.07, 6.45) is 0.622. The molecule has 1 heterocycles. The maximum Gasteiger partial charge on any atom is 0.312 e. The molecule has 132 valence electrons. The number of carbonyl (C=O) groups is 1. The molecule has 0 saturated carbocycles. The summed E-state index contributed by atoms with van der Waals surface area (Å²) in [5.41, 5.74) is 8.84. The zero-order valence-electron chi connectivity index (χ0n) is 13.0. The fourth-order valence-corrected chi connectivity index (χ4v) is 2.49. The topological polar surface area (TPSA) is 151 Å². The lowest BCUT2D eigenvalue weighted by Gasteiger charge is -2.27. The molecule has 1 aromatic carbocycles. The lowest BCUT2D eigenvalue weighted by molar-refractivity contribution is 0.232. The Kier molecular flexibility index (Phi) is 4.75. The molecule has 2 amide bonds. The van der Waals surface area contributed by atoms with Crippen molar-refractivity contribution in [2.75, 3.05) is 18.4 Å². The predicted molar refractivity (Wildman–Crippen MR) is 84.7 cm³/mol. The number of hydrogen-bond acceptors (Lipinski definition) is 7. The van der Waals surface area contributed by atoms with Gasteiger partial charge in [-0.2, -0.15) is 0 Å². The Labute approximate surface area is 141 Å². The summed E-state index contributed by atoms with van der Waals surface area (Å²) >= 11 is 0. The molecule has 6 N–H and O–H groups in total. The zero-order chi connectivity index (χ0) is 17.8. The van der Waals surface area contributed by atoms with Gasteiger partial charge in [-0.25, -0.2) is 13.8 Å². The van der Waals surface area contributed by atoms with Crippen LogP contribution < -0.4 is 21.8 Å². The Morgan fingerprint density at radius 3 is 3.04 bits per heavy atom. The number of urea groups is 1. The average Bonchev–Trinajstić information content (AvgIpc) is 3.03. The summed E-state index contributed by atoms with van der Waals surface area (Å²) < 4.78 is 18.0. The van der Waals surface area contributed by atoms with E-state index in [1.807, 2.05) is 5.48 Å². The van der Waals surface area contributed by atoms with Gasteiger partial charge in [-0.15, -0.1) is 0 Å². The first-order valence-electron chi connectivity index (χ1n) is 7.45. The summed E-state index contributed by atoms with van der Waals surface area (Å²) in [6.45, 7) is 0.566. The first-order valence-corrected chi connectivity index (χ1v) is 7.45. The molecule has 25 heavy (non-hydrogen) atoms. The lowest BCUT2D eigenvalue weighted by Crippen LogP contribution is -2.33. The second-order valence-corrected chi connectivity index (χ2v) is 5.33. The molecular weight excluding hydrogens is 333 g/mol. The van der Waals surface area contributed by atoms with Crippen LogP contribution in [0.3, 0.4) is 0 Å². The molecule has 0 fully saturated rings. The molecule has 2 aromatic rings. The Morgan fingerprint density at radius 2 is 2.28 bits per heavy atom. The van der Waals surface area contributed by atoms with Gasteiger partial charge in [0.25, 0.3) is 0 Å². The molecule has 0 bridgehead atoms. The van der Waals surface area contributed by atoms with E-state index in [1.54, 1.807) is 6.07 Å². The van der Waals surface area contributed by atoms with Crippen molar-refractivity contribution in [2.24, 2.45) is 10.7 Å². The largest absolute Gasteiger partial charge is 0.363 e. The van der Waals surface area contributed by atoms with E-state index in [4.69, 9.17) is 5.73 Å². The highest BCUT2D eigenvalue weighted by molar-refractivity contribution is 6.00. The fraction of sp³-hybridized carbons (Fsp3) is 0.286. The molecule has 0 radical (unpaired) electrons. The Balaban J connectivity index is 1.72. The minimum absolute atomic E-state index is 0.0338. The number of nitrogens with zero attached hydrogens (tertiary/aromatic N) is 3. The van der Waals surface area contributed by atoms with Crippen molar-refractivity contribution in [3.8, 4) is 0 Å². The van der Waals surface area contributed by atoms with Crippen LogP contribution in [0.5, 0.6) is 0 Å². The number of amides is 2. The van der Waals surface area contributed by atoms with Gasteiger partial charge in [-0.3, -0.25) is 15.7 Å². The second-order valence-electron chi connectivity index (χ2n) is 5.33. The maximum absolute atomic E-state index is 13.3. The van der Waals surface area contributed by atoms with Crippen LogP contribution in [0.4, 0.5) is 15.0 Å². The van der Waals surface area contributed by atoms with Crippen LogP contribution in [0, 0.1) is 5.82 Å². The Bertz CT molecular complexity index is 807. The van der Waals surface area contributed by atoms with Crippen LogP contribution in [0.2, 0.25) is 0 Å². The molecule has 1 unspecified atom stereocenters. The molecule has 0 saturated heterocycles. The van der Waals surface area contributed by atoms with Crippen molar-refractivity contribution < 1.29 is 19.0 Å². The van der Waals surface area contributed by atoms with E-state index in [2.05, 4.69) is 30.6 Å². The smallest absolute Gasteiger partial charge is 0.312 e. The maximum atomic E-state index is 13.3. The van der Waals surface area contributed by atoms with E-state index in [0.29, 0.717) is 13.0 Å². The van der Waals surface area contributed by atoms with E-state index in [0.717, 1.165) is 11.1 Å². The number of nitrogens with two attached hydrogens (primary N) is 1. The Hall–Kier alpha value is -3.21. The van der Waals surface area contributed by atoms with Gasteiger partial charge in [-0.05, 0) is 40.0 Å². The van der Waals surface area contributed by atoms with Gasteiger partial charge < -0.3 is 16.4 Å². The molecule has 3 rings (SSSR count). The summed E-state index contributed by atoms with van der Waals surface area (Å²) in [5.74, 6) is -0.0820. The summed E-state index contributed by atoms with van der Waals surface area (Å²) in [7, 11) is 0. The lowest BCUT2D eigenvalue weighted by atomic mass is 9.83. The van der Waals surface area contributed by atoms with Crippen molar-refractivity contribution >= 4 is 17.7 Å². The first kappa shape index (κ1) is 16.6. The number of anilines is 1. The van der Waals surface area contributed by atoms with Crippen LogP contribution in [0.1, 0.15) is 22.9 Å². The zero-order valence-corrected chi connectivity index (χ0v) is 13.0. The fourth-order valence-electron chi connectivity index (χ4n) is 2.49. The van der Waals surface area contributed by atoms with Crippen LogP contribution in [0.15, 0.2) is 27.8 Å². The quantitative estimate of drug-likeness (QED) is 0.218. The van der Waals surface area contributed by atoms with E-state index >= 15 is 0 Å². The van der Waals surface area contributed by atoms with Crippen molar-refractivity contribution in [3.05, 3.63) is 40.8 Å². The summed E-state index contributed by atoms with van der Waals surface area (Å²) in [4.78, 5) is 15.0. The number of hydroxylamine groups is 1. The average molecular weight is 349 g/mol. The third-order valence-corrected chi connectivity index (χ3v) is 3.70. The molecule has 1 aliphatic rings. The number of primary amides is 1. The van der Waals surface area contributed by atoms with E-state index in [9.17, 15) is 14.4 Å². The van der Waals surface area contributed by atoms with Crippen LogP contribution >= 0.6 is 0 Å². The standard InChI is InChI=1S/C14H16FN7O3/c15-8-2-1-7-5-10(9(7)6-8)19-13(20-24)11-12(22-25-21-11)17-3-4-18-14(16)23/h1-2,6,10,24H,3-5H2,(H,17,22)(H,19,20)(H3,16,18,23). The molecule has 11 heteroatoms. The van der Waals surface area contributed by atoms with Crippen LogP contribution in [0.25, 0.3) is 0 Å². The number of hydrogen-bond donors (Lipinski definition) is 5. The van der Waals surface area contributed by atoms with Gasteiger partial charge in [0, 0.05) is 13.1 Å². The number of fused-ring (bicyclic) bond motifs is 1. The molecule has 10 nitrogen and oxygen atoms in total. The minimum atomic E-state index is -0.643. The first-order chi connectivity index (χ1) is 12.1. The highest BCUT2D eigenvalue weighted by Gasteiger charge is 2.28. The van der Waals surface area contributed by atoms with Gasteiger partial charge in [-0.1, -0.05) is 6.07 Å². The molecular formula is C14H16FN7O3. The van der Waals surface area contributed by atoms with Crippen molar-refractivity contribution in [1.82, 2.24) is 21.1 Å². The number of nitrogens with one attached hydrogen (secondary N) is 3. The number of aliphatic imine (C=N–C) groups is 1. The second kappa shape index (κ2) is 7.13. The van der Waals surface area contributed by atoms with Crippen LogP contribution in [-0.4, -0.2) is 40.5 Å².